The average Bonchev–Trinajstić information content (AvgIpc) is 3.70. The van der Waals surface area contributed by atoms with Crippen molar-refractivity contribution in [3.63, 3.8) is 0 Å². The summed E-state index contributed by atoms with van der Waals surface area (Å²) in [6.45, 7) is 1.93. The maximum Gasteiger partial charge on any atom is 0.274 e. The van der Waals surface area contributed by atoms with Crippen LogP contribution in [0.3, 0.4) is 0 Å². The van der Waals surface area contributed by atoms with Crippen molar-refractivity contribution in [3.05, 3.63) is 77.6 Å². The molecule has 0 saturated heterocycles. The number of nitrogens with one attached hydrogen (secondary N) is 2. The summed E-state index contributed by atoms with van der Waals surface area (Å²) in [7, 11) is 4.61. The minimum absolute atomic E-state index is 0.130. The molecule has 0 aliphatic heterocycles. The van der Waals surface area contributed by atoms with Gasteiger partial charge in [-0.05, 0) is 55.2 Å². The summed E-state index contributed by atoms with van der Waals surface area (Å²) in [6, 6.07) is 16.6. The zero-order chi connectivity index (χ0) is 26.6. The Morgan fingerprint density at radius 3 is 1.89 bits per heavy atom. The Morgan fingerprint density at radius 1 is 0.892 bits per heavy atom. The van der Waals surface area contributed by atoms with Gasteiger partial charge in [0, 0.05) is 24.2 Å². The van der Waals surface area contributed by atoms with Crippen molar-refractivity contribution in [2.45, 2.75) is 37.3 Å². The number of nitrogens with zero attached hydrogens (tertiary/aromatic N) is 1. The number of aromatic nitrogens is 1. The number of ether oxygens (including phenoxy) is 3. The van der Waals surface area contributed by atoms with Gasteiger partial charge >= 0.3 is 0 Å². The normalized spacial score (nSPS) is 14.4. The fourth-order valence-electron chi connectivity index (χ4n) is 4.40. The highest BCUT2D eigenvalue weighted by atomic mass is 16.5. The van der Waals surface area contributed by atoms with Crippen molar-refractivity contribution >= 4 is 11.8 Å². The van der Waals surface area contributed by atoms with Gasteiger partial charge in [0.25, 0.3) is 5.91 Å². The lowest BCUT2D eigenvalue weighted by molar-refractivity contribution is -0.124. The van der Waals surface area contributed by atoms with Crippen molar-refractivity contribution in [3.8, 4) is 23.0 Å². The summed E-state index contributed by atoms with van der Waals surface area (Å²) in [5.74, 6) is 0.139. The van der Waals surface area contributed by atoms with E-state index in [1.165, 1.54) is 19.4 Å². The molecule has 37 heavy (non-hydrogen) atoms. The second kappa shape index (κ2) is 10.8. The number of amides is 2. The van der Waals surface area contributed by atoms with Gasteiger partial charge in [-0.2, -0.15) is 0 Å². The molecule has 9 heteroatoms. The van der Waals surface area contributed by atoms with Crippen LogP contribution < -0.4 is 24.8 Å². The predicted molar refractivity (Wildman–Crippen MR) is 137 cm³/mol. The molecule has 1 atom stereocenters. The van der Waals surface area contributed by atoms with Crippen molar-refractivity contribution < 1.29 is 28.9 Å². The van der Waals surface area contributed by atoms with E-state index < -0.39 is 11.4 Å². The Balaban J connectivity index is 1.54. The molecule has 1 aliphatic carbocycles. The SMILES string of the molecule is COc1ccc(C(c2ccc(OC)cc2)[C@H](C)NC(=O)C2(NC(=O)c3nccc(OC)c3O)CC2)cc1. The maximum absolute atomic E-state index is 13.4. The first-order chi connectivity index (χ1) is 17.8. The van der Waals surface area contributed by atoms with Gasteiger partial charge in [0.05, 0.1) is 21.3 Å². The van der Waals surface area contributed by atoms with Gasteiger partial charge in [-0.25, -0.2) is 4.98 Å². The van der Waals surface area contributed by atoms with E-state index >= 15 is 0 Å². The number of carbonyl (C=O) groups is 2. The molecule has 4 rings (SSSR count). The fraction of sp³-hybridized carbons (Fsp3) is 0.321. The molecule has 2 aromatic carbocycles. The van der Waals surface area contributed by atoms with Gasteiger partial charge in [0.15, 0.2) is 17.2 Å². The van der Waals surface area contributed by atoms with E-state index in [0.29, 0.717) is 12.8 Å². The molecule has 1 saturated carbocycles. The molecule has 0 radical (unpaired) electrons. The molecule has 0 bridgehead atoms. The Hall–Kier alpha value is -4.27. The van der Waals surface area contributed by atoms with Crippen LogP contribution in [0.4, 0.5) is 0 Å². The van der Waals surface area contributed by atoms with Crippen molar-refractivity contribution in [2.75, 3.05) is 21.3 Å². The van der Waals surface area contributed by atoms with Crippen molar-refractivity contribution in [1.29, 1.82) is 0 Å². The third-order valence-electron chi connectivity index (χ3n) is 6.67. The lowest BCUT2D eigenvalue weighted by Crippen LogP contribution is -2.52. The molecule has 1 heterocycles. The van der Waals surface area contributed by atoms with Crippen molar-refractivity contribution in [2.24, 2.45) is 0 Å². The molecule has 3 N–H and O–H groups in total. The van der Waals surface area contributed by atoms with E-state index in [4.69, 9.17) is 14.2 Å². The van der Waals surface area contributed by atoms with Crippen LogP contribution in [0, 0.1) is 0 Å². The van der Waals surface area contributed by atoms with Gasteiger partial charge in [-0.15, -0.1) is 0 Å². The largest absolute Gasteiger partial charge is 0.503 e. The Morgan fingerprint density at radius 2 is 1.43 bits per heavy atom. The number of hydrogen-bond donors (Lipinski definition) is 3. The average molecular weight is 506 g/mol. The van der Waals surface area contributed by atoms with Crippen LogP contribution in [-0.4, -0.2) is 54.8 Å². The zero-order valence-corrected chi connectivity index (χ0v) is 21.3. The molecular weight excluding hydrogens is 474 g/mol. The molecule has 0 spiro atoms. The van der Waals surface area contributed by atoms with E-state index in [-0.39, 0.29) is 35.1 Å². The number of rotatable bonds is 10. The van der Waals surface area contributed by atoms with Gasteiger partial charge in [-0.1, -0.05) is 24.3 Å². The van der Waals surface area contributed by atoms with Gasteiger partial charge in [0.1, 0.15) is 17.0 Å². The first kappa shape index (κ1) is 25.8. The molecule has 1 fully saturated rings. The summed E-state index contributed by atoms with van der Waals surface area (Å²) >= 11 is 0. The highest BCUT2D eigenvalue weighted by molar-refractivity contribution is 6.01. The Bertz CT molecular complexity index is 1210. The van der Waals surface area contributed by atoms with Crippen molar-refractivity contribution in [1.82, 2.24) is 15.6 Å². The summed E-state index contributed by atoms with van der Waals surface area (Å²) < 4.78 is 15.7. The number of hydrogen-bond acceptors (Lipinski definition) is 7. The lowest BCUT2D eigenvalue weighted by Gasteiger charge is -2.28. The van der Waals surface area contributed by atoms with Crippen LogP contribution >= 0.6 is 0 Å². The Kier molecular flexibility index (Phi) is 7.52. The highest BCUT2D eigenvalue weighted by Crippen LogP contribution is 2.38. The molecule has 1 aromatic heterocycles. The van der Waals surface area contributed by atoms with E-state index in [9.17, 15) is 14.7 Å². The number of carbonyl (C=O) groups excluding carboxylic acids is 2. The van der Waals surface area contributed by atoms with Gasteiger partial charge in [0.2, 0.25) is 5.91 Å². The number of pyridine rings is 1. The fourth-order valence-corrected chi connectivity index (χ4v) is 4.40. The summed E-state index contributed by atoms with van der Waals surface area (Å²) in [5.41, 5.74) is 0.740. The Labute approximate surface area is 215 Å². The maximum atomic E-state index is 13.4. The smallest absolute Gasteiger partial charge is 0.274 e. The van der Waals surface area contributed by atoms with Crippen LogP contribution in [-0.2, 0) is 4.79 Å². The van der Waals surface area contributed by atoms with Crippen LogP contribution in [0.2, 0.25) is 0 Å². The van der Waals surface area contributed by atoms with Crippen LogP contribution in [0.15, 0.2) is 60.8 Å². The van der Waals surface area contributed by atoms with E-state index in [1.54, 1.807) is 14.2 Å². The second-order valence-electron chi connectivity index (χ2n) is 9.03. The molecule has 9 nitrogen and oxygen atoms in total. The van der Waals surface area contributed by atoms with Crippen LogP contribution in [0.25, 0.3) is 0 Å². The van der Waals surface area contributed by atoms with Gasteiger partial charge in [-0.3, -0.25) is 9.59 Å². The minimum Gasteiger partial charge on any atom is -0.503 e. The first-order valence-electron chi connectivity index (χ1n) is 11.9. The van der Waals surface area contributed by atoms with Crippen LogP contribution in [0.1, 0.15) is 47.3 Å². The summed E-state index contributed by atoms with van der Waals surface area (Å²) in [6.07, 6.45) is 2.33. The first-order valence-corrected chi connectivity index (χ1v) is 11.9. The number of aromatic hydroxyl groups is 1. The zero-order valence-electron chi connectivity index (χ0n) is 21.3. The molecule has 0 unspecified atom stereocenters. The van der Waals surface area contributed by atoms with Crippen LogP contribution in [0.5, 0.6) is 23.0 Å². The third-order valence-corrected chi connectivity index (χ3v) is 6.67. The minimum atomic E-state index is -1.06. The quantitative estimate of drug-likeness (QED) is 0.386. The van der Waals surface area contributed by atoms with Gasteiger partial charge < -0.3 is 30.0 Å². The topological polar surface area (TPSA) is 119 Å². The van der Waals surface area contributed by atoms with E-state index in [1.807, 2.05) is 55.5 Å². The predicted octanol–water partition coefficient (Wildman–Crippen LogP) is 3.41. The third kappa shape index (κ3) is 5.45. The molecular formula is C28H31N3O6. The second-order valence-corrected chi connectivity index (χ2v) is 9.03. The lowest BCUT2D eigenvalue weighted by atomic mass is 9.85. The molecule has 194 valence electrons. The number of methoxy groups -OCH3 is 3. The van der Waals surface area contributed by atoms with E-state index in [0.717, 1.165) is 22.6 Å². The standard InChI is InChI=1S/C28H31N3O6/c1-17(23(18-5-9-20(35-2)10-6-18)19-7-11-21(36-3)12-8-19)30-27(34)28(14-15-28)31-26(33)24-25(32)22(37-4)13-16-29-24/h5-13,16-17,23,32H,14-15H2,1-4H3,(H,30,34)(H,31,33)/t17-/m0/s1. The molecule has 1 aliphatic rings. The monoisotopic (exact) mass is 505 g/mol. The highest BCUT2D eigenvalue weighted by Gasteiger charge is 2.52. The summed E-state index contributed by atoms with van der Waals surface area (Å²) in [4.78, 5) is 30.3. The molecule has 3 aromatic rings. The number of benzene rings is 2. The summed E-state index contributed by atoms with van der Waals surface area (Å²) in [5, 5.41) is 16.2. The van der Waals surface area contributed by atoms with E-state index in [2.05, 4.69) is 15.6 Å². The molecule has 2 amide bonds.